The number of rotatable bonds is 4. The first-order valence-corrected chi connectivity index (χ1v) is 7.88. The molecule has 1 aromatic carbocycles. The lowest BCUT2D eigenvalue weighted by molar-refractivity contribution is 0.0971. The number of hydrogen-bond donors (Lipinski definition) is 1. The van der Waals surface area contributed by atoms with Crippen molar-refractivity contribution in [3.05, 3.63) is 54.4 Å². The van der Waals surface area contributed by atoms with E-state index < -0.39 is 0 Å². The number of methoxy groups -OCH3 is 1. The number of anilines is 1. The number of pyridine rings is 1. The van der Waals surface area contributed by atoms with E-state index in [1.807, 2.05) is 41.3 Å². The Kier molecular flexibility index (Phi) is 4.88. The molecule has 0 atom stereocenters. The van der Waals surface area contributed by atoms with Crippen LogP contribution in [0.4, 0.5) is 5.69 Å². The monoisotopic (exact) mass is 311 g/mol. The number of benzene rings is 1. The van der Waals surface area contributed by atoms with Crippen LogP contribution in [0, 0.1) is 0 Å². The third kappa shape index (κ3) is 3.51. The van der Waals surface area contributed by atoms with E-state index >= 15 is 0 Å². The number of nitrogens with zero attached hydrogens (tertiary/aromatic N) is 2. The number of carbonyl (C=O) groups excluding carboxylic acids is 1. The fraction of sp³-hybridized carbons (Fsp3) is 0.333. The van der Waals surface area contributed by atoms with Crippen LogP contribution >= 0.6 is 0 Å². The van der Waals surface area contributed by atoms with Gasteiger partial charge >= 0.3 is 0 Å². The zero-order chi connectivity index (χ0) is 16.1. The van der Waals surface area contributed by atoms with Crippen molar-refractivity contribution in [2.75, 3.05) is 25.1 Å². The molecule has 1 aromatic heterocycles. The van der Waals surface area contributed by atoms with Crippen LogP contribution in [0.5, 0.6) is 5.75 Å². The average molecular weight is 311 g/mol. The van der Waals surface area contributed by atoms with Crippen molar-refractivity contribution in [3.8, 4) is 5.75 Å². The zero-order valence-corrected chi connectivity index (χ0v) is 13.2. The van der Waals surface area contributed by atoms with Crippen molar-refractivity contribution >= 4 is 11.6 Å². The highest BCUT2D eigenvalue weighted by Crippen LogP contribution is 2.24. The maximum atomic E-state index is 13.1. The predicted octanol–water partition coefficient (Wildman–Crippen LogP) is 2.49. The van der Waals surface area contributed by atoms with Crippen LogP contribution in [0.2, 0.25) is 0 Å². The predicted molar refractivity (Wildman–Crippen MR) is 89.9 cm³/mol. The van der Waals surface area contributed by atoms with E-state index in [9.17, 15) is 4.79 Å². The summed E-state index contributed by atoms with van der Waals surface area (Å²) in [7, 11) is 1.62. The van der Waals surface area contributed by atoms with E-state index in [1.165, 1.54) is 0 Å². The lowest BCUT2D eigenvalue weighted by Crippen LogP contribution is -2.46. The van der Waals surface area contributed by atoms with Crippen molar-refractivity contribution < 1.29 is 9.53 Å². The second kappa shape index (κ2) is 7.24. The number of nitrogens with one attached hydrogen (secondary N) is 1. The SMILES string of the molecule is COc1ccc(C(=O)N(c2cccnc2)C2CCNCC2)cc1. The molecule has 1 saturated heterocycles. The molecule has 1 aliphatic rings. The molecule has 1 N–H and O–H groups in total. The third-order valence-corrected chi connectivity index (χ3v) is 4.15. The van der Waals surface area contributed by atoms with Crippen molar-refractivity contribution in [1.82, 2.24) is 10.3 Å². The molecule has 0 aliphatic carbocycles. The molecule has 0 spiro atoms. The first-order chi connectivity index (χ1) is 11.3. The molecule has 0 bridgehead atoms. The highest BCUT2D eigenvalue weighted by atomic mass is 16.5. The van der Waals surface area contributed by atoms with Gasteiger partial charge in [0.05, 0.1) is 19.0 Å². The molecule has 0 unspecified atom stereocenters. The summed E-state index contributed by atoms with van der Waals surface area (Å²) in [5.74, 6) is 0.754. The summed E-state index contributed by atoms with van der Waals surface area (Å²) >= 11 is 0. The molecule has 2 aromatic rings. The van der Waals surface area contributed by atoms with Crippen LogP contribution in [0.1, 0.15) is 23.2 Å². The highest BCUT2D eigenvalue weighted by molar-refractivity contribution is 6.06. The molecular formula is C18H21N3O2. The Morgan fingerprint density at radius 1 is 1.22 bits per heavy atom. The van der Waals surface area contributed by atoms with Crippen molar-refractivity contribution in [3.63, 3.8) is 0 Å². The Balaban J connectivity index is 1.91. The Labute approximate surface area is 136 Å². The van der Waals surface area contributed by atoms with Crippen molar-refractivity contribution in [2.45, 2.75) is 18.9 Å². The van der Waals surface area contributed by atoms with E-state index in [1.54, 1.807) is 19.5 Å². The van der Waals surface area contributed by atoms with Gasteiger partial charge in [0.15, 0.2) is 0 Å². The maximum absolute atomic E-state index is 13.1. The van der Waals surface area contributed by atoms with Gasteiger partial charge in [0.25, 0.3) is 5.91 Å². The molecule has 5 heteroatoms. The molecule has 23 heavy (non-hydrogen) atoms. The molecule has 5 nitrogen and oxygen atoms in total. The molecule has 0 radical (unpaired) electrons. The van der Waals surface area contributed by atoms with E-state index in [0.29, 0.717) is 5.56 Å². The van der Waals surface area contributed by atoms with Gasteiger partial charge in [0.1, 0.15) is 5.75 Å². The van der Waals surface area contributed by atoms with E-state index in [2.05, 4.69) is 10.3 Å². The van der Waals surface area contributed by atoms with Crippen LogP contribution in [-0.2, 0) is 0 Å². The number of ether oxygens (including phenoxy) is 1. The second-order valence-electron chi connectivity index (χ2n) is 5.60. The molecule has 0 saturated carbocycles. The summed E-state index contributed by atoms with van der Waals surface area (Å²) in [5, 5.41) is 3.34. The summed E-state index contributed by atoms with van der Waals surface area (Å²) in [4.78, 5) is 19.1. The van der Waals surface area contributed by atoms with Crippen LogP contribution < -0.4 is 15.0 Å². The van der Waals surface area contributed by atoms with Gasteiger partial charge in [-0.05, 0) is 62.3 Å². The van der Waals surface area contributed by atoms with Gasteiger partial charge in [-0.1, -0.05) is 0 Å². The van der Waals surface area contributed by atoms with Crippen molar-refractivity contribution in [1.29, 1.82) is 0 Å². The molecule has 3 rings (SSSR count). The van der Waals surface area contributed by atoms with Crippen LogP contribution in [-0.4, -0.2) is 37.1 Å². The molecule has 1 fully saturated rings. The summed E-state index contributed by atoms with van der Waals surface area (Å²) in [6, 6.07) is 11.3. The Morgan fingerprint density at radius 3 is 2.57 bits per heavy atom. The normalized spacial score (nSPS) is 15.2. The minimum atomic E-state index is 0.00699. The Morgan fingerprint density at radius 2 is 1.96 bits per heavy atom. The van der Waals surface area contributed by atoms with Crippen molar-refractivity contribution in [2.24, 2.45) is 0 Å². The van der Waals surface area contributed by atoms with E-state index in [4.69, 9.17) is 4.74 Å². The lowest BCUT2D eigenvalue weighted by atomic mass is 10.0. The number of aromatic nitrogens is 1. The Bertz CT molecular complexity index is 637. The molecule has 120 valence electrons. The van der Waals surface area contributed by atoms with E-state index in [-0.39, 0.29) is 11.9 Å². The molecule has 2 heterocycles. The average Bonchev–Trinajstić information content (AvgIpc) is 2.64. The minimum Gasteiger partial charge on any atom is -0.497 e. The van der Waals surface area contributed by atoms with Gasteiger partial charge < -0.3 is 15.0 Å². The van der Waals surface area contributed by atoms with Gasteiger partial charge in [-0.2, -0.15) is 0 Å². The summed E-state index contributed by atoms with van der Waals surface area (Å²) < 4.78 is 5.17. The van der Waals surface area contributed by atoms with Gasteiger partial charge in [0, 0.05) is 17.8 Å². The number of piperidine rings is 1. The zero-order valence-electron chi connectivity index (χ0n) is 13.2. The topological polar surface area (TPSA) is 54.5 Å². The first kappa shape index (κ1) is 15.5. The summed E-state index contributed by atoms with van der Waals surface area (Å²) in [6.07, 6.45) is 5.36. The van der Waals surface area contributed by atoms with Gasteiger partial charge in [0.2, 0.25) is 0 Å². The standard InChI is InChI=1S/C18H21N3O2/c1-23-17-6-4-14(5-7-17)18(22)21(15-8-11-19-12-9-15)16-3-2-10-20-13-16/h2-7,10,13,15,19H,8-9,11-12H2,1H3. The summed E-state index contributed by atoms with van der Waals surface area (Å²) in [5.41, 5.74) is 1.51. The van der Waals surface area contributed by atoms with Gasteiger partial charge in [-0.25, -0.2) is 0 Å². The number of hydrogen-bond acceptors (Lipinski definition) is 4. The quantitative estimate of drug-likeness (QED) is 0.942. The minimum absolute atomic E-state index is 0.00699. The fourth-order valence-electron chi connectivity index (χ4n) is 2.93. The number of carbonyl (C=O) groups is 1. The Hall–Kier alpha value is -2.40. The van der Waals surface area contributed by atoms with Crippen LogP contribution in [0.25, 0.3) is 0 Å². The largest absolute Gasteiger partial charge is 0.497 e. The first-order valence-electron chi connectivity index (χ1n) is 7.88. The highest BCUT2D eigenvalue weighted by Gasteiger charge is 2.27. The number of amides is 1. The molecule has 1 aliphatic heterocycles. The van der Waals surface area contributed by atoms with E-state index in [0.717, 1.165) is 37.4 Å². The fourth-order valence-corrected chi connectivity index (χ4v) is 2.93. The molecule has 1 amide bonds. The molecular weight excluding hydrogens is 290 g/mol. The summed E-state index contributed by atoms with van der Waals surface area (Å²) in [6.45, 7) is 1.86. The lowest BCUT2D eigenvalue weighted by Gasteiger charge is -2.34. The van der Waals surface area contributed by atoms with Gasteiger partial charge in [-0.3, -0.25) is 9.78 Å². The van der Waals surface area contributed by atoms with Crippen LogP contribution in [0.3, 0.4) is 0 Å². The second-order valence-corrected chi connectivity index (χ2v) is 5.60. The smallest absolute Gasteiger partial charge is 0.258 e. The maximum Gasteiger partial charge on any atom is 0.258 e. The third-order valence-electron chi connectivity index (χ3n) is 4.15. The van der Waals surface area contributed by atoms with Gasteiger partial charge in [-0.15, -0.1) is 0 Å². The van der Waals surface area contributed by atoms with Crippen LogP contribution in [0.15, 0.2) is 48.8 Å².